The lowest BCUT2D eigenvalue weighted by Crippen LogP contribution is -2.39. The molecular formula is C19H18Cl2FN5O. The van der Waals surface area contributed by atoms with Gasteiger partial charge in [0.15, 0.2) is 5.65 Å². The van der Waals surface area contributed by atoms with Crippen molar-refractivity contribution in [3.8, 4) is 5.88 Å². The third kappa shape index (κ3) is 3.40. The topological polar surface area (TPSA) is 63.8 Å². The minimum atomic E-state index is -0.599. The first-order valence-electron chi connectivity index (χ1n) is 8.72. The lowest BCUT2D eigenvalue weighted by molar-refractivity contribution is 0.217. The summed E-state index contributed by atoms with van der Waals surface area (Å²) in [5.74, 6) is 0.538. The summed E-state index contributed by atoms with van der Waals surface area (Å²) >= 11 is 12.3. The molecule has 1 N–H and O–H groups in total. The van der Waals surface area contributed by atoms with Crippen LogP contribution < -0.4 is 10.1 Å². The van der Waals surface area contributed by atoms with E-state index in [0.717, 1.165) is 11.4 Å². The minimum Gasteiger partial charge on any atom is -0.470 e. The molecule has 1 aliphatic heterocycles. The van der Waals surface area contributed by atoms with Gasteiger partial charge < -0.3 is 10.1 Å². The number of nitrogens with zero attached hydrogens (tertiary/aromatic N) is 4. The lowest BCUT2D eigenvalue weighted by atomic mass is 10.1. The number of halogens is 3. The molecule has 6 nitrogen and oxygen atoms in total. The second kappa shape index (κ2) is 6.90. The van der Waals surface area contributed by atoms with Crippen LogP contribution in [0.15, 0.2) is 35.6 Å². The van der Waals surface area contributed by atoms with E-state index < -0.39 is 11.9 Å². The van der Waals surface area contributed by atoms with Crippen molar-refractivity contribution in [1.29, 1.82) is 0 Å². The summed E-state index contributed by atoms with van der Waals surface area (Å²) < 4.78 is 21.4. The van der Waals surface area contributed by atoms with Crippen molar-refractivity contribution in [2.45, 2.75) is 32.4 Å². The molecule has 0 fully saturated rings. The normalized spacial score (nSPS) is 16.7. The highest BCUT2D eigenvalue weighted by Crippen LogP contribution is 2.34. The highest BCUT2D eigenvalue weighted by Gasteiger charge is 2.27. The van der Waals surface area contributed by atoms with Crippen molar-refractivity contribution in [1.82, 2.24) is 19.9 Å². The first-order valence-corrected chi connectivity index (χ1v) is 9.48. The zero-order valence-corrected chi connectivity index (χ0v) is 17.0. The van der Waals surface area contributed by atoms with Gasteiger partial charge in [-0.1, -0.05) is 23.2 Å². The van der Waals surface area contributed by atoms with E-state index in [1.54, 1.807) is 29.9 Å². The molecule has 4 rings (SSSR count). The highest BCUT2D eigenvalue weighted by atomic mass is 35.5. The molecule has 146 valence electrons. The number of hydrogen-bond donors (Lipinski definition) is 1. The van der Waals surface area contributed by atoms with Crippen molar-refractivity contribution in [3.63, 3.8) is 0 Å². The van der Waals surface area contributed by atoms with Gasteiger partial charge in [0.25, 0.3) is 0 Å². The monoisotopic (exact) mass is 421 g/mol. The van der Waals surface area contributed by atoms with Gasteiger partial charge in [0, 0.05) is 22.8 Å². The van der Waals surface area contributed by atoms with Gasteiger partial charge in [-0.15, -0.1) is 0 Å². The van der Waals surface area contributed by atoms with E-state index in [1.807, 2.05) is 0 Å². The Labute approximate surface area is 171 Å². The van der Waals surface area contributed by atoms with Gasteiger partial charge in [0.2, 0.25) is 5.88 Å². The smallest absolute Gasteiger partial charge is 0.217 e. The van der Waals surface area contributed by atoms with E-state index in [0.29, 0.717) is 28.7 Å². The van der Waals surface area contributed by atoms with Crippen molar-refractivity contribution in [3.05, 3.63) is 57.6 Å². The second-order valence-electron chi connectivity index (χ2n) is 7.28. The predicted molar refractivity (Wildman–Crippen MR) is 107 cm³/mol. The standard InChI is InChI=1S/C19H18Cl2FN5O/c1-10(15-12(20)4-5-13(22)16(15)21)28-14-6-7-27-18(25-14)11(8-24-27)17-23-9-19(2,3)26-17/h4-8,10H,9H2,1-3H3,(H,23,26). The molecule has 3 aromatic rings. The zero-order chi connectivity index (χ0) is 20.1. The maximum Gasteiger partial charge on any atom is 0.217 e. The molecule has 0 saturated carbocycles. The van der Waals surface area contributed by atoms with Crippen LogP contribution in [0.4, 0.5) is 4.39 Å². The summed E-state index contributed by atoms with van der Waals surface area (Å²) in [5.41, 5.74) is 1.65. The lowest BCUT2D eigenvalue weighted by Gasteiger charge is -2.18. The van der Waals surface area contributed by atoms with Gasteiger partial charge in [-0.3, -0.25) is 4.99 Å². The number of amidine groups is 1. The van der Waals surface area contributed by atoms with Crippen LogP contribution in [0.3, 0.4) is 0 Å². The van der Waals surface area contributed by atoms with E-state index in [1.165, 1.54) is 12.1 Å². The maximum atomic E-state index is 13.8. The van der Waals surface area contributed by atoms with Gasteiger partial charge in [-0.05, 0) is 32.9 Å². The fourth-order valence-corrected chi connectivity index (χ4v) is 3.75. The Kier molecular flexibility index (Phi) is 4.67. The van der Waals surface area contributed by atoms with Gasteiger partial charge in [0.1, 0.15) is 17.8 Å². The molecule has 28 heavy (non-hydrogen) atoms. The fourth-order valence-electron chi connectivity index (χ4n) is 3.07. The second-order valence-corrected chi connectivity index (χ2v) is 8.07. The Morgan fingerprint density at radius 1 is 1.29 bits per heavy atom. The van der Waals surface area contributed by atoms with Gasteiger partial charge in [-0.25, -0.2) is 8.91 Å². The molecular weight excluding hydrogens is 404 g/mol. The molecule has 2 aromatic heterocycles. The van der Waals surface area contributed by atoms with Crippen LogP contribution in [0.5, 0.6) is 5.88 Å². The predicted octanol–water partition coefficient (Wildman–Crippen LogP) is 4.44. The molecule has 1 unspecified atom stereocenters. The Hall–Kier alpha value is -2.38. The number of ether oxygens (including phenoxy) is 1. The molecule has 1 aliphatic rings. The van der Waals surface area contributed by atoms with Crippen LogP contribution in [0.2, 0.25) is 10.0 Å². The quantitative estimate of drug-likeness (QED) is 0.632. The number of aliphatic imine (C=N–C) groups is 1. The Bertz CT molecular complexity index is 1100. The molecule has 0 spiro atoms. The Morgan fingerprint density at radius 3 is 2.79 bits per heavy atom. The number of aromatic nitrogens is 3. The van der Waals surface area contributed by atoms with Crippen molar-refractivity contribution in [2.75, 3.05) is 6.54 Å². The van der Waals surface area contributed by atoms with Crippen LogP contribution in [0, 0.1) is 5.82 Å². The van der Waals surface area contributed by atoms with Crippen molar-refractivity contribution < 1.29 is 9.13 Å². The average Bonchev–Trinajstić information content (AvgIpc) is 3.21. The molecule has 0 saturated heterocycles. The summed E-state index contributed by atoms with van der Waals surface area (Å²) in [4.78, 5) is 9.10. The molecule has 9 heteroatoms. The highest BCUT2D eigenvalue weighted by molar-refractivity contribution is 6.36. The van der Waals surface area contributed by atoms with E-state index in [9.17, 15) is 4.39 Å². The summed E-state index contributed by atoms with van der Waals surface area (Å²) in [7, 11) is 0. The van der Waals surface area contributed by atoms with Crippen LogP contribution >= 0.6 is 23.2 Å². The molecule has 3 heterocycles. The van der Waals surface area contributed by atoms with E-state index in [4.69, 9.17) is 27.9 Å². The third-order valence-corrected chi connectivity index (χ3v) is 5.19. The summed E-state index contributed by atoms with van der Waals surface area (Å²) in [6, 6.07) is 4.35. The minimum absolute atomic E-state index is 0.0575. The first kappa shape index (κ1) is 19.0. The van der Waals surface area contributed by atoms with Gasteiger partial charge >= 0.3 is 0 Å². The average molecular weight is 422 g/mol. The molecule has 1 atom stereocenters. The molecule has 0 bridgehead atoms. The van der Waals surface area contributed by atoms with Crippen molar-refractivity contribution in [2.24, 2.45) is 4.99 Å². The third-order valence-electron chi connectivity index (χ3n) is 4.47. The summed E-state index contributed by atoms with van der Waals surface area (Å²) in [5, 5.41) is 7.96. The maximum absolute atomic E-state index is 13.8. The Morgan fingerprint density at radius 2 is 2.07 bits per heavy atom. The molecule has 1 aromatic carbocycles. The number of hydrogen-bond acceptors (Lipinski definition) is 5. The molecule has 0 amide bonds. The SMILES string of the molecule is CC(Oc1ccn2ncc(C3=NCC(C)(C)N3)c2n1)c1c(Cl)ccc(F)c1Cl. The van der Waals surface area contributed by atoms with E-state index in [2.05, 4.69) is 34.2 Å². The largest absolute Gasteiger partial charge is 0.470 e. The van der Waals surface area contributed by atoms with Crippen LogP contribution in [-0.4, -0.2) is 32.5 Å². The Balaban J connectivity index is 1.66. The number of nitrogens with one attached hydrogen (secondary N) is 1. The van der Waals surface area contributed by atoms with Crippen LogP contribution in [0.25, 0.3) is 5.65 Å². The summed E-state index contributed by atoms with van der Waals surface area (Å²) in [6.07, 6.45) is 2.85. The van der Waals surface area contributed by atoms with Crippen molar-refractivity contribution >= 4 is 34.7 Å². The molecule has 0 aliphatic carbocycles. The molecule has 0 radical (unpaired) electrons. The first-order chi connectivity index (χ1) is 13.2. The van der Waals surface area contributed by atoms with Crippen LogP contribution in [0.1, 0.15) is 38.0 Å². The van der Waals surface area contributed by atoms with E-state index in [-0.39, 0.29) is 10.6 Å². The summed E-state index contributed by atoms with van der Waals surface area (Å²) in [6.45, 7) is 6.56. The van der Waals surface area contributed by atoms with E-state index >= 15 is 0 Å². The van der Waals surface area contributed by atoms with Gasteiger partial charge in [0.05, 0.1) is 28.9 Å². The fraction of sp³-hybridized carbons (Fsp3) is 0.316. The number of fused-ring (bicyclic) bond motifs is 1. The number of rotatable bonds is 4. The zero-order valence-electron chi connectivity index (χ0n) is 15.5. The van der Waals surface area contributed by atoms with Crippen LogP contribution in [-0.2, 0) is 0 Å². The number of benzene rings is 1. The van der Waals surface area contributed by atoms with Gasteiger partial charge in [-0.2, -0.15) is 10.1 Å².